The van der Waals surface area contributed by atoms with Crippen LogP contribution < -0.4 is 5.32 Å². The van der Waals surface area contributed by atoms with E-state index >= 15 is 0 Å². The molecule has 2 aliphatic rings. The standard InChI is InChI=1S/C20H27N3O/c1-20(15-21,17-10-11-17)22-19(24)14-23-13-5-8-18(23)12-9-16-6-3-2-4-7-16/h2-4,6-7,17-18H,5,8-14H2,1H3,(H,22,24). The molecule has 1 aliphatic heterocycles. The summed E-state index contributed by atoms with van der Waals surface area (Å²) < 4.78 is 0. The molecule has 24 heavy (non-hydrogen) atoms. The molecule has 1 aliphatic carbocycles. The lowest BCUT2D eigenvalue weighted by atomic mass is 9.98. The van der Waals surface area contributed by atoms with Gasteiger partial charge < -0.3 is 5.32 Å². The van der Waals surface area contributed by atoms with Gasteiger partial charge in [-0.3, -0.25) is 9.69 Å². The van der Waals surface area contributed by atoms with Crippen LogP contribution in [0.3, 0.4) is 0 Å². The Morgan fingerprint density at radius 2 is 2.08 bits per heavy atom. The third kappa shape index (κ3) is 4.15. The normalized spacial score (nSPS) is 23.4. The van der Waals surface area contributed by atoms with Crippen molar-refractivity contribution in [3.8, 4) is 6.07 Å². The summed E-state index contributed by atoms with van der Waals surface area (Å²) in [6.45, 7) is 3.27. The maximum absolute atomic E-state index is 12.4. The first-order valence-corrected chi connectivity index (χ1v) is 9.11. The minimum absolute atomic E-state index is 0.00226. The average molecular weight is 325 g/mol. The zero-order valence-electron chi connectivity index (χ0n) is 14.5. The molecule has 128 valence electrons. The molecule has 0 spiro atoms. The lowest BCUT2D eigenvalue weighted by Crippen LogP contribution is -2.50. The van der Waals surface area contributed by atoms with Crippen LogP contribution in [-0.2, 0) is 11.2 Å². The smallest absolute Gasteiger partial charge is 0.235 e. The number of nitriles is 1. The second-order valence-electron chi connectivity index (χ2n) is 7.43. The summed E-state index contributed by atoms with van der Waals surface area (Å²) in [4.78, 5) is 14.7. The average Bonchev–Trinajstić information content (AvgIpc) is 3.36. The molecule has 4 heteroatoms. The largest absolute Gasteiger partial charge is 0.337 e. The van der Waals surface area contributed by atoms with Crippen LogP contribution in [0.2, 0.25) is 0 Å². The Morgan fingerprint density at radius 1 is 1.33 bits per heavy atom. The molecule has 1 N–H and O–H groups in total. The van der Waals surface area contributed by atoms with Crippen LogP contribution in [-0.4, -0.2) is 35.5 Å². The molecule has 1 aromatic carbocycles. The van der Waals surface area contributed by atoms with Crippen molar-refractivity contribution in [3.05, 3.63) is 35.9 Å². The summed E-state index contributed by atoms with van der Waals surface area (Å²) in [6, 6.07) is 13.3. The molecule has 1 amide bonds. The third-order valence-electron chi connectivity index (χ3n) is 5.48. The van der Waals surface area contributed by atoms with Gasteiger partial charge in [0.25, 0.3) is 0 Å². The highest BCUT2D eigenvalue weighted by Crippen LogP contribution is 2.39. The van der Waals surface area contributed by atoms with E-state index in [1.807, 2.05) is 13.0 Å². The zero-order chi connectivity index (χ0) is 17.0. The molecular formula is C20H27N3O. The maximum atomic E-state index is 12.4. The molecule has 1 saturated carbocycles. The number of benzene rings is 1. The number of aryl methyl sites for hydroxylation is 1. The predicted molar refractivity (Wildman–Crippen MR) is 94.2 cm³/mol. The SMILES string of the molecule is CC(C#N)(NC(=O)CN1CCCC1CCc1ccccc1)C1CC1. The molecule has 2 atom stereocenters. The van der Waals surface area contributed by atoms with Gasteiger partial charge in [-0.2, -0.15) is 5.26 Å². The number of nitrogens with one attached hydrogen (secondary N) is 1. The van der Waals surface area contributed by atoms with Crippen LogP contribution in [0.25, 0.3) is 0 Å². The molecule has 1 saturated heterocycles. The number of rotatable bonds is 7. The Labute approximate surface area is 144 Å². The predicted octanol–water partition coefficient (Wildman–Crippen LogP) is 2.89. The van der Waals surface area contributed by atoms with E-state index in [9.17, 15) is 10.1 Å². The van der Waals surface area contributed by atoms with Crippen molar-refractivity contribution in [3.63, 3.8) is 0 Å². The Hall–Kier alpha value is -1.86. The fraction of sp³-hybridized carbons (Fsp3) is 0.600. The fourth-order valence-electron chi connectivity index (χ4n) is 3.80. The van der Waals surface area contributed by atoms with Gasteiger partial charge in [0.2, 0.25) is 5.91 Å². The Kier molecular flexibility index (Phi) is 5.20. The van der Waals surface area contributed by atoms with Crippen molar-refractivity contribution in [2.75, 3.05) is 13.1 Å². The van der Waals surface area contributed by atoms with Gasteiger partial charge in [-0.05, 0) is 63.5 Å². The highest BCUT2D eigenvalue weighted by Gasteiger charge is 2.43. The lowest BCUT2D eigenvalue weighted by Gasteiger charge is -2.27. The summed E-state index contributed by atoms with van der Waals surface area (Å²) in [5.74, 6) is 0.330. The van der Waals surface area contributed by atoms with Gasteiger partial charge in [0.1, 0.15) is 5.54 Å². The van der Waals surface area contributed by atoms with Crippen molar-refractivity contribution in [2.45, 2.75) is 57.0 Å². The van der Waals surface area contributed by atoms with Gasteiger partial charge in [-0.1, -0.05) is 30.3 Å². The van der Waals surface area contributed by atoms with Gasteiger partial charge in [0.05, 0.1) is 12.6 Å². The first-order valence-electron chi connectivity index (χ1n) is 9.11. The summed E-state index contributed by atoms with van der Waals surface area (Å²) in [7, 11) is 0. The highest BCUT2D eigenvalue weighted by molar-refractivity contribution is 5.79. The van der Waals surface area contributed by atoms with Crippen molar-refractivity contribution in [1.82, 2.24) is 10.2 Å². The topological polar surface area (TPSA) is 56.1 Å². The van der Waals surface area contributed by atoms with E-state index in [-0.39, 0.29) is 5.91 Å². The summed E-state index contributed by atoms with van der Waals surface area (Å²) in [5.41, 5.74) is 0.677. The highest BCUT2D eigenvalue weighted by atomic mass is 16.2. The number of nitrogens with zero attached hydrogens (tertiary/aromatic N) is 2. The molecule has 3 rings (SSSR count). The monoisotopic (exact) mass is 325 g/mol. The third-order valence-corrected chi connectivity index (χ3v) is 5.48. The molecule has 0 bridgehead atoms. The van der Waals surface area contributed by atoms with E-state index in [1.54, 1.807) is 0 Å². The van der Waals surface area contributed by atoms with E-state index in [0.717, 1.165) is 45.1 Å². The molecule has 4 nitrogen and oxygen atoms in total. The second kappa shape index (κ2) is 7.36. The van der Waals surface area contributed by atoms with Gasteiger partial charge in [0.15, 0.2) is 0 Å². The fourth-order valence-corrected chi connectivity index (χ4v) is 3.80. The number of hydrogen-bond donors (Lipinski definition) is 1. The van der Waals surface area contributed by atoms with E-state index in [0.29, 0.717) is 18.5 Å². The van der Waals surface area contributed by atoms with E-state index in [4.69, 9.17) is 0 Å². The zero-order valence-corrected chi connectivity index (χ0v) is 14.5. The molecule has 1 heterocycles. The van der Waals surface area contributed by atoms with Crippen LogP contribution in [0, 0.1) is 17.2 Å². The van der Waals surface area contributed by atoms with Gasteiger partial charge in [0, 0.05) is 6.04 Å². The second-order valence-corrected chi connectivity index (χ2v) is 7.43. The minimum Gasteiger partial charge on any atom is -0.337 e. The van der Waals surface area contributed by atoms with Crippen LogP contribution >= 0.6 is 0 Å². The van der Waals surface area contributed by atoms with E-state index in [1.165, 1.54) is 5.56 Å². The summed E-state index contributed by atoms with van der Waals surface area (Å²) >= 11 is 0. The quantitative estimate of drug-likeness (QED) is 0.838. The van der Waals surface area contributed by atoms with Gasteiger partial charge in [-0.15, -0.1) is 0 Å². The molecule has 0 aromatic heterocycles. The Morgan fingerprint density at radius 3 is 2.75 bits per heavy atom. The lowest BCUT2D eigenvalue weighted by molar-refractivity contribution is -0.123. The van der Waals surface area contributed by atoms with Crippen LogP contribution in [0.4, 0.5) is 0 Å². The van der Waals surface area contributed by atoms with Gasteiger partial charge in [-0.25, -0.2) is 0 Å². The van der Waals surface area contributed by atoms with Crippen LogP contribution in [0.15, 0.2) is 30.3 Å². The summed E-state index contributed by atoms with van der Waals surface area (Å²) in [6.07, 6.45) is 6.57. The number of carbonyl (C=O) groups excluding carboxylic acids is 1. The minimum atomic E-state index is -0.684. The maximum Gasteiger partial charge on any atom is 0.235 e. The van der Waals surface area contributed by atoms with Crippen molar-refractivity contribution < 1.29 is 4.79 Å². The number of carbonyl (C=O) groups is 1. The molecule has 0 radical (unpaired) electrons. The number of amides is 1. The van der Waals surface area contributed by atoms with E-state index < -0.39 is 5.54 Å². The number of hydrogen-bond acceptors (Lipinski definition) is 3. The molecular weight excluding hydrogens is 298 g/mol. The van der Waals surface area contributed by atoms with Crippen molar-refractivity contribution in [1.29, 1.82) is 5.26 Å². The molecule has 2 fully saturated rings. The van der Waals surface area contributed by atoms with E-state index in [2.05, 4.69) is 40.6 Å². The van der Waals surface area contributed by atoms with Crippen LogP contribution in [0.5, 0.6) is 0 Å². The molecule has 2 unspecified atom stereocenters. The van der Waals surface area contributed by atoms with Crippen molar-refractivity contribution >= 4 is 5.91 Å². The Balaban J connectivity index is 1.50. The van der Waals surface area contributed by atoms with Gasteiger partial charge >= 0.3 is 0 Å². The van der Waals surface area contributed by atoms with Crippen LogP contribution in [0.1, 0.15) is 44.6 Å². The Bertz CT molecular complexity index is 605. The summed E-state index contributed by atoms with van der Waals surface area (Å²) in [5, 5.41) is 12.4. The van der Waals surface area contributed by atoms with Crippen molar-refractivity contribution in [2.24, 2.45) is 5.92 Å². The number of likely N-dealkylation sites (tertiary alicyclic amines) is 1. The first-order chi connectivity index (χ1) is 11.6. The molecule has 1 aromatic rings. The first kappa shape index (κ1) is 17.0.